The molecule has 0 unspecified atom stereocenters. The predicted octanol–water partition coefficient (Wildman–Crippen LogP) is 5.71. The second kappa shape index (κ2) is 8.15. The largest absolute Gasteiger partial charge is 0.304 e. The number of hydrogen-bond acceptors (Lipinski definition) is 2. The quantitative estimate of drug-likeness (QED) is 0.543. The van der Waals surface area contributed by atoms with Crippen molar-refractivity contribution in [2.75, 3.05) is 4.90 Å². The van der Waals surface area contributed by atoms with Crippen LogP contribution in [0, 0.1) is 0 Å². The molecule has 0 saturated heterocycles. The summed E-state index contributed by atoms with van der Waals surface area (Å²) < 4.78 is 0. The minimum Gasteiger partial charge on any atom is -0.304 e. The first-order chi connectivity index (χ1) is 12.5. The normalized spacial score (nSPS) is 10.8. The molecule has 0 N–H and O–H groups in total. The van der Waals surface area contributed by atoms with E-state index >= 15 is 0 Å². The SMILES string of the molecule is CC(C)c1cc(C(=O)N(Cc2ccccc2)c2ccccc2)cc(Cl)n1. The Bertz CT molecular complexity index is 879. The van der Waals surface area contributed by atoms with Crippen LogP contribution in [-0.4, -0.2) is 10.9 Å². The lowest BCUT2D eigenvalue weighted by Crippen LogP contribution is -2.30. The van der Waals surface area contributed by atoms with Crippen LogP contribution in [0.1, 0.15) is 41.4 Å². The molecule has 0 aliphatic heterocycles. The van der Waals surface area contributed by atoms with Crippen LogP contribution in [0.15, 0.2) is 72.8 Å². The molecule has 0 spiro atoms. The van der Waals surface area contributed by atoms with Gasteiger partial charge in [-0.2, -0.15) is 0 Å². The fraction of sp³-hybridized carbons (Fsp3) is 0.182. The van der Waals surface area contributed by atoms with Crippen molar-refractivity contribution < 1.29 is 4.79 Å². The molecule has 3 aromatic rings. The van der Waals surface area contributed by atoms with Crippen molar-refractivity contribution in [3.05, 3.63) is 94.8 Å². The first kappa shape index (κ1) is 18.2. The maximum Gasteiger partial charge on any atom is 0.258 e. The van der Waals surface area contributed by atoms with E-state index in [1.165, 1.54) is 0 Å². The number of nitrogens with zero attached hydrogens (tertiary/aromatic N) is 2. The number of rotatable bonds is 5. The van der Waals surface area contributed by atoms with E-state index in [0.29, 0.717) is 17.3 Å². The number of benzene rings is 2. The van der Waals surface area contributed by atoms with E-state index in [1.54, 1.807) is 11.0 Å². The maximum atomic E-state index is 13.3. The third kappa shape index (κ3) is 4.30. The van der Waals surface area contributed by atoms with E-state index in [-0.39, 0.29) is 11.8 Å². The monoisotopic (exact) mass is 364 g/mol. The molecule has 0 aliphatic carbocycles. The van der Waals surface area contributed by atoms with Gasteiger partial charge >= 0.3 is 0 Å². The van der Waals surface area contributed by atoms with Gasteiger partial charge in [0.05, 0.1) is 6.54 Å². The van der Waals surface area contributed by atoms with E-state index in [1.807, 2.05) is 80.6 Å². The van der Waals surface area contributed by atoms with Gasteiger partial charge in [-0.3, -0.25) is 4.79 Å². The molecule has 1 aromatic heterocycles. The van der Waals surface area contributed by atoms with Crippen LogP contribution < -0.4 is 4.90 Å². The predicted molar refractivity (Wildman–Crippen MR) is 107 cm³/mol. The number of aromatic nitrogens is 1. The number of pyridine rings is 1. The molecular weight excluding hydrogens is 344 g/mol. The van der Waals surface area contributed by atoms with Gasteiger partial charge in [0.2, 0.25) is 0 Å². The van der Waals surface area contributed by atoms with Crippen LogP contribution in [0.5, 0.6) is 0 Å². The van der Waals surface area contributed by atoms with Gasteiger partial charge in [0.1, 0.15) is 5.15 Å². The van der Waals surface area contributed by atoms with E-state index in [4.69, 9.17) is 11.6 Å². The van der Waals surface area contributed by atoms with Crippen LogP contribution in [0.3, 0.4) is 0 Å². The van der Waals surface area contributed by atoms with Gasteiger partial charge in [0.25, 0.3) is 5.91 Å². The van der Waals surface area contributed by atoms with Crippen molar-refractivity contribution in [3.63, 3.8) is 0 Å². The Balaban J connectivity index is 2.00. The highest BCUT2D eigenvalue weighted by Crippen LogP contribution is 2.23. The summed E-state index contributed by atoms with van der Waals surface area (Å²) in [6.07, 6.45) is 0. The molecule has 132 valence electrons. The molecule has 0 aliphatic rings. The number of halogens is 1. The standard InChI is InChI=1S/C22H21ClN2O/c1-16(2)20-13-18(14-21(23)24-20)22(26)25(19-11-7-4-8-12-19)15-17-9-5-3-6-10-17/h3-14,16H,15H2,1-2H3. The average Bonchev–Trinajstić information content (AvgIpc) is 2.66. The topological polar surface area (TPSA) is 33.2 Å². The molecule has 1 amide bonds. The number of carbonyl (C=O) groups is 1. The fourth-order valence-electron chi connectivity index (χ4n) is 2.75. The molecular formula is C22H21ClN2O. The molecule has 26 heavy (non-hydrogen) atoms. The molecule has 0 radical (unpaired) electrons. The second-order valence-electron chi connectivity index (χ2n) is 6.47. The van der Waals surface area contributed by atoms with Crippen molar-refractivity contribution in [1.29, 1.82) is 0 Å². The molecule has 3 nitrogen and oxygen atoms in total. The highest BCUT2D eigenvalue weighted by Gasteiger charge is 2.20. The van der Waals surface area contributed by atoms with Gasteiger partial charge < -0.3 is 4.90 Å². The molecule has 0 atom stereocenters. The lowest BCUT2D eigenvalue weighted by Gasteiger charge is -2.23. The molecule has 0 fully saturated rings. The zero-order chi connectivity index (χ0) is 18.5. The molecule has 0 bridgehead atoms. The van der Waals surface area contributed by atoms with Crippen LogP contribution in [0.25, 0.3) is 0 Å². The van der Waals surface area contributed by atoms with Gasteiger partial charge in [-0.1, -0.05) is 74.0 Å². The minimum atomic E-state index is -0.0914. The minimum absolute atomic E-state index is 0.0914. The summed E-state index contributed by atoms with van der Waals surface area (Å²) in [5, 5.41) is 0.340. The van der Waals surface area contributed by atoms with Crippen molar-refractivity contribution in [2.45, 2.75) is 26.3 Å². The van der Waals surface area contributed by atoms with Crippen LogP contribution in [0.4, 0.5) is 5.69 Å². The highest BCUT2D eigenvalue weighted by molar-refractivity contribution is 6.29. The molecule has 0 saturated carbocycles. The van der Waals surface area contributed by atoms with Gasteiger partial charge in [0, 0.05) is 16.9 Å². The molecule has 1 heterocycles. The lowest BCUT2D eigenvalue weighted by molar-refractivity contribution is 0.0985. The summed E-state index contributed by atoms with van der Waals surface area (Å²) in [4.78, 5) is 19.4. The summed E-state index contributed by atoms with van der Waals surface area (Å²) >= 11 is 6.17. The Morgan fingerprint density at radius 2 is 1.62 bits per heavy atom. The van der Waals surface area contributed by atoms with Crippen molar-refractivity contribution in [2.24, 2.45) is 0 Å². The van der Waals surface area contributed by atoms with Gasteiger partial charge in [-0.05, 0) is 35.7 Å². The number of amides is 1. The molecule has 4 heteroatoms. The molecule has 3 rings (SSSR count). The summed E-state index contributed by atoms with van der Waals surface area (Å²) in [6, 6.07) is 23.1. The smallest absolute Gasteiger partial charge is 0.258 e. The van der Waals surface area contributed by atoms with Crippen molar-refractivity contribution in [1.82, 2.24) is 4.98 Å². The van der Waals surface area contributed by atoms with Crippen molar-refractivity contribution in [3.8, 4) is 0 Å². The Kier molecular flexibility index (Phi) is 5.69. The summed E-state index contributed by atoms with van der Waals surface area (Å²) in [5.41, 5.74) is 3.27. The molecule has 2 aromatic carbocycles. The second-order valence-corrected chi connectivity index (χ2v) is 6.86. The Hall–Kier alpha value is -2.65. The Morgan fingerprint density at radius 1 is 1.00 bits per heavy atom. The van der Waals surface area contributed by atoms with Crippen LogP contribution in [-0.2, 0) is 6.54 Å². The van der Waals surface area contributed by atoms with E-state index in [9.17, 15) is 4.79 Å². The van der Waals surface area contributed by atoms with Gasteiger partial charge in [0.15, 0.2) is 0 Å². The van der Waals surface area contributed by atoms with Crippen molar-refractivity contribution >= 4 is 23.2 Å². The van der Waals surface area contributed by atoms with E-state index in [2.05, 4.69) is 4.98 Å². The number of carbonyl (C=O) groups excluding carboxylic acids is 1. The zero-order valence-corrected chi connectivity index (χ0v) is 15.6. The summed E-state index contributed by atoms with van der Waals surface area (Å²) in [7, 11) is 0. The Labute approximate surface area is 159 Å². The highest BCUT2D eigenvalue weighted by atomic mass is 35.5. The fourth-order valence-corrected chi connectivity index (χ4v) is 2.96. The van der Waals surface area contributed by atoms with Gasteiger partial charge in [-0.15, -0.1) is 0 Å². The number of hydrogen-bond donors (Lipinski definition) is 0. The van der Waals surface area contributed by atoms with Gasteiger partial charge in [-0.25, -0.2) is 4.98 Å². The summed E-state index contributed by atoms with van der Waals surface area (Å²) in [5.74, 6) is 0.103. The van der Waals surface area contributed by atoms with Crippen LogP contribution >= 0.6 is 11.6 Å². The Morgan fingerprint density at radius 3 is 2.23 bits per heavy atom. The number of para-hydroxylation sites is 1. The van der Waals surface area contributed by atoms with Crippen LogP contribution in [0.2, 0.25) is 5.15 Å². The third-order valence-electron chi connectivity index (χ3n) is 4.15. The number of anilines is 1. The zero-order valence-electron chi connectivity index (χ0n) is 14.9. The lowest BCUT2D eigenvalue weighted by atomic mass is 10.1. The summed E-state index contributed by atoms with van der Waals surface area (Å²) in [6.45, 7) is 4.55. The average molecular weight is 365 g/mol. The van der Waals surface area contributed by atoms with E-state index in [0.717, 1.165) is 16.9 Å². The third-order valence-corrected chi connectivity index (χ3v) is 4.34. The first-order valence-corrected chi connectivity index (χ1v) is 9.00. The first-order valence-electron chi connectivity index (χ1n) is 8.63. The van der Waals surface area contributed by atoms with E-state index < -0.39 is 0 Å². The maximum absolute atomic E-state index is 13.3.